The van der Waals surface area contributed by atoms with Crippen LogP contribution < -0.4 is 5.43 Å². The Labute approximate surface area is 166 Å². The van der Waals surface area contributed by atoms with E-state index in [1.807, 2.05) is 30.3 Å². The molecule has 2 aromatic rings. The molecule has 148 valence electrons. The second-order valence-electron chi connectivity index (χ2n) is 6.75. The topological polar surface area (TPSA) is 78.8 Å². The van der Waals surface area contributed by atoms with Crippen molar-refractivity contribution in [3.63, 3.8) is 0 Å². The summed E-state index contributed by atoms with van der Waals surface area (Å²) in [6.45, 7) is 3.16. The SMILES string of the molecule is CCC/C(=N/NC(=O)c1ccc(S(=O)(=O)N2CCCC2)cc1)c1ccccc1. The Balaban J connectivity index is 1.72. The minimum Gasteiger partial charge on any atom is -0.267 e. The van der Waals surface area contributed by atoms with Crippen LogP contribution in [0.2, 0.25) is 0 Å². The highest BCUT2D eigenvalue weighted by Crippen LogP contribution is 2.21. The lowest BCUT2D eigenvalue weighted by atomic mass is 10.1. The summed E-state index contributed by atoms with van der Waals surface area (Å²) in [4.78, 5) is 12.6. The van der Waals surface area contributed by atoms with Crippen LogP contribution in [-0.2, 0) is 10.0 Å². The summed E-state index contributed by atoms with van der Waals surface area (Å²) < 4.78 is 26.6. The molecule has 0 unspecified atom stereocenters. The fourth-order valence-electron chi connectivity index (χ4n) is 3.17. The minimum absolute atomic E-state index is 0.213. The zero-order valence-corrected chi connectivity index (χ0v) is 16.8. The molecule has 6 nitrogen and oxygen atoms in total. The van der Waals surface area contributed by atoms with Crippen molar-refractivity contribution in [3.05, 3.63) is 65.7 Å². The maximum absolute atomic E-state index is 12.6. The first-order chi connectivity index (χ1) is 13.5. The van der Waals surface area contributed by atoms with Crippen LogP contribution in [0.4, 0.5) is 0 Å². The van der Waals surface area contributed by atoms with Gasteiger partial charge >= 0.3 is 0 Å². The van der Waals surface area contributed by atoms with E-state index in [0.29, 0.717) is 18.7 Å². The van der Waals surface area contributed by atoms with Gasteiger partial charge in [-0.05, 0) is 49.1 Å². The molecule has 1 N–H and O–H groups in total. The molecule has 1 aliphatic heterocycles. The van der Waals surface area contributed by atoms with Gasteiger partial charge in [-0.25, -0.2) is 13.8 Å². The normalized spacial score (nSPS) is 15.5. The summed E-state index contributed by atoms with van der Waals surface area (Å²) in [6, 6.07) is 15.7. The van der Waals surface area contributed by atoms with E-state index in [0.717, 1.165) is 37.0 Å². The van der Waals surface area contributed by atoms with Crippen molar-refractivity contribution in [2.45, 2.75) is 37.5 Å². The number of amides is 1. The Morgan fingerprint density at radius 2 is 1.64 bits per heavy atom. The van der Waals surface area contributed by atoms with Gasteiger partial charge in [-0.2, -0.15) is 9.41 Å². The van der Waals surface area contributed by atoms with Gasteiger partial charge in [0, 0.05) is 18.7 Å². The quantitative estimate of drug-likeness (QED) is 0.572. The second-order valence-corrected chi connectivity index (χ2v) is 8.69. The fourth-order valence-corrected chi connectivity index (χ4v) is 4.69. The number of hydrazone groups is 1. The minimum atomic E-state index is -3.48. The summed E-state index contributed by atoms with van der Waals surface area (Å²) in [5, 5.41) is 4.28. The van der Waals surface area contributed by atoms with Gasteiger partial charge < -0.3 is 0 Å². The third kappa shape index (κ3) is 4.66. The Morgan fingerprint density at radius 1 is 1.00 bits per heavy atom. The lowest BCUT2D eigenvalue weighted by molar-refractivity contribution is 0.0954. The van der Waals surface area contributed by atoms with Crippen molar-refractivity contribution in [3.8, 4) is 0 Å². The molecule has 1 saturated heterocycles. The van der Waals surface area contributed by atoms with E-state index in [1.54, 1.807) is 0 Å². The van der Waals surface area contributed by atoms with Gasteiger partial charge in [0.1, 0.15) is 0 Å². The van der Waals surface area contributed by atoms with Gasteiger partial charge in [0.2, 0.25) is 10.0 Å². The summed E-state index contributed by atoms with van der Waals surface area (Å²) >= 11 is 0. The lowest BCUT2D eigenvalue weighted by Crippen LogP contribution is -2.28. The predicted octanol–water partition coefficient (Wildman–Crippen LogP) is 3.41. The van der Waals surface area contributed by atoms with Gasteiger partial charge in [-0.15, -0.1) is 0 Å². The van der Waals surface area contributed by atoms with Crippen LogP contribution in [0.5, 0.6) is 0 Å². The highest BCUT2D eigenvalue weighted by atomic mass is 32.2. The molecule has 1 fully saturated rings. The van der Waals surface area contributed by atoms with Crippen molar-refractivity contribution in [2.75, 3.05) is 13.1 Å². The van der Waals surface area contributed by atoms with E-state index in [-0.39, 0.29) is 10.8 Å². The van der Waals surface area contributed by atoms with Crippen molar-refractivity contribution < 1.29 is 13.2 Å². The molecule has 0 aliphatic carbocycles. The molecule has 1 heterocycles. The van der Waals surface area contributed by atoms with Gasteiger partial charge in [-0.1, -0.05) is 43.7 Å². The second kappa shape index (κ2) is 9.12. The maximum Gasteiger partial charge on any atom is 0.271 e. The molecule has 0 spiro atoms. The summed E-state index contributed by atoms with van der Waals surface area (Å²) in [5.41, 5.74) is 4.73. The van der Waals surface area contributed by atoms with E-state index in [1.165, 1.54) is 28.6 Å². The van der Waals surface area contributed by atoms with Gasteiger partial charge in [0.15, 0.2) is 0 Å². The molecule has 0 radical (unpaired) electrons. The molecular weight excluding hydrogens is 374 g/mol. The van der Waals surface area contributed by atoms with Crippen LogP contribution in [0.3, 0.4) is 0 Å². The predicted molar refractivity (Wildman–Crippen MR) is 110 cm³/mol. The van der Waals surface area contributed by atoms with Crippen LogP contribution in [0.15, 0.2) is 64.6 Å². The number of nitrogens with one attached hydrogen (secondary N) is 1. The first-order valence-corrected chi connectivity index (χ1v) is 11.0. The average molecular weight is 400 g/mol. The summed E-state index contributed by atoms with van der Waals surface area (Å²) in [5.74, 6) is -0.366. The number of carbonyl (C=O) groups excluding carboxylic acids is 1. The van der Waals surface area contributed by atoms with Crippen molar-refractivity contribution in [1.82, 2.24) is 9.73 Å². The summed E-state index contributed by atoms with van der Waals surface area (Å²) in [7, 11) is -3.48. The number of hydrogen-bond acceptors (Lipinski definition) is 4. The Hall–Kier alpha value is -2.51. The maximum atomic E-state index is 12.6. The van der Waals surface area contributed by atoms with E-state index < -0.39 is 10.0 Å². The standard InChI is InChI=1S/C21H25N3O3S/c1-2-8-20(17-9-4-3-5-10-17)22-23-21(25)18-11-13-19(14-12-18)28(26,27)24-15-6-7-16-24/h3-5,9-14H,2,6-8,15-16H2,1H3,(H,23,25)/b22-20-. The van der Waals surface area contributed by atoms with E-state index >= 15 is 0 Å². The average Bonchev–Trinajstić information content (AvgIpc) is 3.27. The van der Waals surface area contributed by atoms with Crippen molar-refractivity contribution >= 4 is 21.6 Å². The van der Waals surface area contributed by atoms with Crippen LogP contribution in [0.1, 0.15) is 48.5 Å². The van der Waals surface area contributed by atoms with E-state index in [9.17, 15) is 13.2 Å². The molecule has 3 rings (SSSR count). The van der Waals surface area contributed by atoms with Crippen LogP contribution in [-0.4, -0.2) is 37.4 Å². The molecule has 7 heteroatoms. The van der Waals surface area contributed by atoms with Crippen molar-refractivity contribution in [2.24, 2.45) is 5.10 Å². The molecule has 0 bridgehead atoms. The highest BCUT2D eigenvalue weighted by molar-refractivity contribution is 7.89. The zero-order chi connectivity index (χ0) is 20.0. The highest BCUT2D eigenvalue weighted by Gasteiger charge is 2.27. The Bertz CT molecular complexity index is 933. The van der Waals surface area contributed by atoms with Crippen molar-refractivity contribution in [1.29, 1.82) is 0 Å². The van der Waals surface area contributed by atoms with Crippen LogP contribution in [0, 0.1) is 0 Å². The smallest absolute Gasteiger partial charge is 0.267 e. The Morgan fingerprint density at radius 3 is 2.25 bits per heavy atom. The number of sulfonamides is 1. The third-order valence-electron chi connectivity index (χ3n) is 4.71. The third-order valence-corrected chi connectivity index (χ3v) is 6.62. The molecule has 0 atom stereocenters. The Kier molecular flexibility index (Phi) is 6.59. The molecule has 1 aliphatic rings. The van der Waals surface area contributed by atoms with E-state index in [4.69, 9.17) is 0 Å². The van der Waals surface area contributed by atoms with Gasteiger partial charge in [0.25, 0.3) is 5.91 Å². The number of hydrogen-bond donors (Lipinski definition) is 1. The summed E-state index contributed by atoms with van der Waals surface area (Å²) in [6.07, 6.45) is 3.43. The first-order valence-electron chi connectivity index (χ1n) is 9.55. The first kappa shape index (κ1) is 20.2. The number of rotatable bonds is 7. The van der Waals surface area contributed by atoms with E-state index in [2.05, 4.69) is 17.5 Å². The molecule has 28 heavy (non-hydrogen) atoms. The lowest BCUT2D eigenvalue weighted by Gasteiger charge is -2.15. The van der Waals surface area contributed by atoms with Gasteiger partial charge in [-0.3, -0.25) is 4.79 Å². The number of benzene rings is 2. The van der Waals surface area contributed by atoms with Crippen LogP contribution >= 0.6 is 0 Å². The van der Waals surface area contributed by atoms with Crippen LogP contribution in [0.25, 0.3) is 0 Å². The molecule has 1 amide bonds. The van der Waals surface area contributed by atoms with Gasteiger partial charge in [0.05, 0.1) is 10.6 Å². The molecular formula is C21H25N3O3S. The fraction of sp³-hybridized carbons (Fsp3) is 0.333. The zero-order valence-electron chi connectivity index (χ0n) is 16.0. The molecule has 0 aromatic heterocycles. The molecule has 0 saturated carbocycles. The molecule has 2 aromatic carbocycles. The largest absolute Gasteiger partial charge is 0.271 e. The monoisotopic (exact) mass is 399 g/mol. The number of carbonyl (C=O) groups is 1. The number of nitrogens with zero attached hydrogens (tertiary/aromatic N) is 2.